The van der Waals surface area contributed by atoms with Crippen LogP contribution in [0.2, 0.25) is 0 Å². The first-order chi connectivity index (χ1) is 12.5. The third-order valence-electron chi connectivity index (χ3n) is 4.45. The van der Waals surface area contributed by atoms with Gasteiger partial charge in [0.2, 0.25) is 5.91 Å². The van der Waals surface area contributed by atoms with Crippen molar-refractivity contribution in [1.29, 1.82) is 0 Å². The summed E-state index contributed by atoms with van der Waals surface area (Å²) in [5.41, 5.74) is 3.72. The molecule has 1 aliphatic rings. The van der Waals surface area contributed by atoms with E-state index in [0.29, 0.717) is 18.7 Å². The van der Waals surface area contributed by atoms with Crippen LogP contribution in [0.5, 0.6) is 0 Å². The fourth-order valence-corrected chi connectivity index (χ4v) is 3.15. The van der Waals surface area contributed by atoms with Gasteiger partial charge in [0.25, 0.3) is 0 Å². The summed E-state index contributed by atoms with van der Waals surface area (Å²) in [6, 6.07) is 9.17. The van der Waals surface area contributed by atoms with Crippen molar-refractivity contribution < 1.29 is 9.59 Å². The van der Waals surface area contributed by atoms with E-state index in [1.165, 1.54) is 0 Å². The molecule has 2 heterocycles. The molecular weight excluding hydrogens is 330 g/mol. The maximum atomic E-state index is 12.0. The molecule has 1 aromatic carbocycles. The first-order valence-corrected chi connectivity index (χ1v) is 8.99. The highest BCUT2D eigenvalue weighted by atomic mass is 16.2. The predicted molar refractivity (Wildman–Crippen MR) is 101 cm³/mol. The van der Waals surface area contributed by atoms with Gasteiger partial charge in [-0.15, -0.1) is 0 Å². The number of carbonyl (C=O) groups excluding carboxylic acids is 2. The molecule has 0 atom stereocenters. The Labute approximate surface area is 153 Å². The summed E-state index contributed by atoms with van der Waals surface area (Å²) in [5.74, 6) is 0.158. The Hall–Kier alpha value is -2.83. The van der Waals surface area contributed by atoms with Gasteiger partial charge in [0.15, 0.2) is 0 Å². The molecule has 7 heteroatoms. The molecule has 1 aliphatic heterocycles. The molecule has 1 saturated heterocycles. The van der Waals surface area contributed by atoms with Crippen molar-refractivity contribution in [3.8, 4) is 0 Å². The second kappa shape index (κ2) is 8.03. The number of hydrogen-bond acceptors (Lipinski definition) is 3. The number of hydrogen-bond donors (Lipinski definition) is 2. The number of carbonyl (C=O) groups is 2. The minimum Gasteiger partial charge on any atom is -0.338 e. The normalized spacial score (nSPS) is 13.9. The van der Waals surface area contributed by atoms with E-state index in [4.69, 9.17) is 0 Å². The summed E-state index contributed by atoms with van der Waals surface area (Å²) in [4.78, 5) is 25.5. The van der Waals surface area contributed by atoms with Crippen LogP contribution in [0.4, 0.5) is 16.2 Å². The van der Waals surface area contributed by atoms with Gasteiger partial charge < -0.3 is 15.5 Å². The number of benzene rings is 1. The molecule has 2 aromatic rings. The Kier molecular flexibility index (Phi) is 5.55. The van der Waals surface area contributed by atoms with E-state index in [0.717, 1.165) is 43.0 Å². The standard InChI is InChI=1S/C19H25N5O2/c1-14-13-15(2)24(22-14)12-4-10-20-19(26)21-16-6-8-17(9-7-16)23-11-3-5-18(23)25/h6-9,13H,3-5,10-12H2,1-2H3,(H2,20,21,26). The van der Waals surface area contributed by atoms with Gasteiger partial charge in [0.1, 0.15) is 0 Å². The van der Waals surface area contributed by atoms with Crippen LogP contribution < -0.4 is 15.5 Å². The third-order valence-corrected chi connectivity index (χ3v) is 4.45. The maximum Gasteiger partial charge on any atom is 0.319 e. The minimum atomic E-state index is -0.233. The Balaban J connectivity index is 1.41. The van der Waals surface area contributed by atoms with Crippen LogP contribution in [0.25, 0.3) is 0 Å². The van der Waals surface area contributed by atoms with Crippen LogP contribution in [0.3, 0.4) is 0 Å². The molecule has 3 amide bonds. The molecule has 7 nitrogen and oxygen atoms in total. The summed E-state index contributed by atoms with van der Waals surface area (Å²) in [7, 11) is 0. The van der Waals surface area contributed by atoms with Gasteiger partial charge >= 0.3 is 6.03 Å². The molecule has 0 saturated carbocycles. The van der Waals surface area contributed by atoms with E-state index in [9.17, 15) is 9.59 Å². The van der Waals surface area contributed by atoms with Crippen LogP contribution >= 0.6 is 0 Å². The van der Waals surface area contributed by atoms with Crippen LogP contribution in [-0.2, 0) is 11.3 Å². The van der Waals surface area contributed by atoms with Gasteiger partial charge in [0, 0.05) is 43.1 Å². The summed E-state index contributed by atoms with van der Waals surface area (Å²) in [6.45, 7) is 6.12. The lowest BCUT2D eigenvalue weighted by atomic mass is 10.2. The third kappa shape index (κ3) is 4.41. The molecular formula is C19H25N5O2. The van der Waals surface area contributed by atoms with Gasteiger partial charge in [-0.25, -0.2) is 4.79 Å². The van der Waals surface area contributed by atoms with Crippen molar-refractivity contribution in [2.24, 2.45) is 0 Å². The lowest BCUT2D eigenvalue weighted by Crippen LogP contribution is -2.30. The zero-order valence-electron chi connectivity index (χ0n) is 15.3. The van der Waals surface area contributed by atoms with E-state index in [2.05, 4.69) is 15.7 Å². The first kappa shape index (κ1) is 18.0. The predicted octanol–water partition coefficient (Wildman–Crippen LogP) is 2.84. The number of aromatic nitrogens is 2. The molecule has 0 spiro atoms. The van der Waals surface area contributed by atoms with Gasteiger partial charge in [-0.3, -0.25) is 9.48 Å². The molecule has 2 N–H and O–H groups in total. The monoisotopic (exact) mass is 355 g/mol. The van der Waals surface area contributed by atoms with Crippen LogP contribution in [0.15, 0.2) is 30.3 Å². The number of aryl methyl sites for hydroxylation is 3. The van der Waals surface area contributed by atoms with Crippen molar-refractivity contribution in [1.82, 2.24) is 15.1 Å². The molecule has 0 radical (unpaired) electrons. The van der Waals surface area contributed by atoms with Crippen molar-refractivity contribution in [3.63, 3.8) is 0 Å². The SMILES string of the molecule is Cc1cc(C)n(CCCNC(=O)Nc2ccc(N3CCCC3=O)cc2)n1. The summed E-state index contributed by atoms with van der Waals surface area (Å²) in [6.07, 6.45) is 2.32. The van der Waals surface area contributed by atoms with E-state index >= 15 is 0 Å². The highest BCUT2D eigenvalue weighted by molar-refractivity contribution is 5.96. The average Bonchev–Trinajstić information content (AvgIpc) is 3.17. The fraction of sp³-hybridized carbons (Fsp3) is 0.421. The zero-order valence-corrected chi connectivity index (χ0v) is 15.3. The van der Waals surface area contributed by atoms with Crippen LogP contribution in [-0.4, -0.2) is 34.8 Å². The highest BCUT2D eigenvalue weighted by Gasteiger charge is 2.21. The lowest BCUT2D eigenvalue weighted by molar-refractivity contribution is -0.117. The number of nitrogens with one attached hydrogen (secondary N) is 2. The Morgan fingerprint density at radius 1 is 1.23 bits per heavy atom. The van der Waals surface area contributed by atoms with E-state index in [1.54, 1.807) is 4.90 Å². The zero-order chi connectivity index (χ0) is 18.5. The Morgan fingerprint density at radius 3 is 2.62 bits per heavy atom. The summed E-state index contributed by atoms with van der Waals surface area (Å²) in [5, 5.41) is 10.1. The minimum absolute atomic E-state index is 0.158. The topological polar surface area (TPSA) is 79.3 Å². The van der Waals surface area contributed by atoms with Gasteiger partial charge in [0.05, 0.1) is 5.69 Å². The number of rotatable bonds is 6. The molecule has 26 heavy (non-hydrogen) atoms. The first-order valence-electron chi connectivity index (χ1n) is 8.99. The fourth-order valence-electron chi connectivity index (χ4n) is 3.15. The summed E-state index contributed by atoms with van der Waals surface area (Å²) >= 11 is 0. The van der Waals surface area contributed by atoms with Gasteiger partial charge in [-0.1, -0.05) is 0 Å². The van der Waals surface area contributed by atoms with Crippen molar-refractivity contribution in [3.05, 3.63) is 41.7 Å². The second-order valence-corrected chi connectivity index (χ2v) is 6.58. The van der Waals surface area contributed by atoms with Crippen molar-refractivity contribution >= 4 is 23.3 Å². The number of amides is 3. The smallest absolute Gasteiger partial charge is 0.319 e. The molecule has 138 valence electrons. The van der Waals surface area contributed by atoms with Crippen molar-refractivity contribution in [2.75, 3.05) is 23.3 Å². The quantitative estimate of drug-likeness (QED) is 0.782. The molecule has 3 rings (SSSR count). The second-order valence-electron chi connectivity index (χ2n) is 6.58. The number of nitrogens with zero attached hydrogens (tertiary/aromatic N) is 3. The largest absolute Gasteiger partial charge is 0.338 e. The van der Waals surface area contributed by atoms with Crippen molar-refractivity contribution in [2.45, 2.75) is 39.7 Å². The summed E-state index contributed by atoms with van der Waals surface area (Å²) < 4.78 is 1.95. The lowest BCUT2D eigenvalue weighted by Gasteiger charge is -2.16. The van der Waals surface area contributed by atoms with Gasteiger partial charge in [-0.05, 0) is 57.0 Å². The molecule has 1 fully saturated rings. The molecule has 0 bridgehead atoms. The average molecular weight is 355 g/mol. The number of urea groups is 1. The molecule has 0 aliphatic carbocycles. The van der Waals surface area contributed by atoms with E-state index in [-0.39, 0.29) is 11.9 Å². The number of anilines is 2. The highest BCUT2D eigenvalue weighted by Crippen LogP contribution is 2.22. The van der Waals surface area contributed by atoms with Crippen LogP contribution in [0.1, 0.15) is 30.7 Å². The van der Waals surface area contributed by atoms with Gasteiger partial charge in [-0.2, -0.15) is 5.10 Å². The van der Waals surface area contributed by atoms with E-state index in [1.807, 2.05) is 48.9 Å². The Morgan fingerprint density at radius 2 is 2.00 bits per heavy atom. The Bertz CT molecular complexity index is 782. The maximum absolute atomic E-state index is 12.0. The molecule has 0 unspecified atom stereocenters. The van der Waals surface area contributed by atoms with Crippen LogP contribution in [0, 0.1) is 13.8 Å². The molecule has 1 aromatic heterocycles. The van der Waals surface area contributed by atoms with E-state index < -0.39 is 0 Å².